The molecule has 0 aliphatic rings. The Balaban J connectivity index is 1.16. The lowest BCUT2D eigenvalue weighted by atomic mass is 10.0. The van der Waals surface area contributed by atoms with Gasteiger partial charge in [0.25, 0.3) is 0 Å². The molecule has 4 aromatic heterocycles. The zero-order valence-corrected chi connectivity index (χ0v) is 28.8. The number of aromatic nitrogens is 4. The largest absolute Gasteiger partial charge is 0.454 e. The van der Waals surface area contributed by atoms with Crippen LogP contribution in [-0.4, -0.2) is 19.5 Å². The van der Waals surface area contributed by atoms with Gasteiger partial charge in [-0.25, -0.2) is 15.0 Å². The molecule has 0 saturated carbocycles. The summed E-state index contributed by atoms with van der Waals surface area (Å²) in [4.78, 5) is 14.8. The molecular weight excluding hydrogens is 671 g/mol. The van der Waals surface area contributed by atoms with Gasteiger partial charge in [-0.1, -0.05) is 84.9 Å². The Kier molecular flexibility index (Phi) is 6.38. The number of nitrogens with zero attached hydrogens (tertiary/aromatic N) is 5. The normalized spacial score (nSPS) is 11.8. The topological polar surface area (TPSA) is 80.5 Å². The number of benzene rings is 7. The van der Waals surface area contributed by atoms with Gasteiger partial charge >= 0.3 is 0 Å². The number of furan rings is 1. The summed E-state index contributed by atoms with van der Waals surface area (Å²) in [6.07, 6.45) is 0. The molecule has 246 valence electrons. The first-order valence-electron chi connectivity index (χ1n) is 17.3. The quantitative estimate of drug-likeness (QED) is 0.183. The Bertz CT molecular complexity index is 3280. The predicted molar refractivity (Wildman–Crippen MR) is 215 cm³/mol. The highest BCUT2D eigenvalue weighted by Crippen LogP contribution is 2.50. The monoisotopic (exact) mass is 695 g/mol. The van der Waals surface area contributed by atoms with E-state index in [1.807, 2.05) is 48.5 Å². The summed E-state index contributed by atoms with van der Waals surface area (Å²) < 4.78 is 11.5. The summed E-state index contributed by atoms with van der Waals surface area (Å²) in [6.45, 7) is 0. The third kappa shape index (κ3) is 4.46. The van der Waals surface area contributed by atoms with Crippen molar-refractivity contribution in [3.05, 3.63) is 157 Å². The van der Waals surface area contributed by atoms with Crippen LogP contribution in [0.4, 0.5) is 0 Å². The average molecular weight is 696 g/mol. The van der Waals surface area contributed by atoms with Crippen molar-refractivity contribution in [3.63, 3.8) is 0 Å². The molecule has 0 bridgehead atoms. The van der Waals surface area contributed by atoms with Crippen LogP contribution in [0.1, 0.15) is 5.56 Å². The standard InChI is InChI=1S/C46H25N5OS/c47-26-27-18-20-29(21-19-27)45-48-44(28-10-2-1-3-11-28)49-46(50-45)30-22-24-31(25-23-30)51-35-15-7-4-12-32(35)38-39-34-14-6-9-17-37(34)53-43(39)42-40(41(38)51)33-13-5-8-16-36(33)52-42/h1-25H. The molecule has 0 radical (unpaired) electrons. The van der Waals surface area contributed by atoms with Crippen LogP contribution in [0.3, 0.4) is 0 Å². The van der Waals surface area contributed by atoms with E-state index in [0.29, 0.717) is 23.0 Å². The van der Waals surface area contributed by atoms with E-state index in [-0.39, 0.29) is 0 Å². The third-order valence-corrected chi connectivity index (χ3v) is 11.3. The Morgan fingerprint density at radius 2 is 1.11 bits per heavy atom. The first-order valence-corrected chi connectivity index (χ1v) is 18.2. The molecule has 11 rings (SSSR count). The fourth-order valence-electron chi connectivity index (χ4n) is 7.70. The maximum absolute atomic E-state index is 9.36. The zero-order chi connectivity index (χ0) is 35.0. The van der Waals surface area contributed by atoms with Crippen molar-refractivity contribution < 1.29 is 4.42 Å². The maximum atomic E-state index is 9.36. The minimum atomic E-state index is 0.547. The molecule has 0 N–H and O–H groups in total. The number of fused-ring (bicyclic) bond motifs is 12. The fourth-order valence-corrected chi connectivity index (χ4v) is 8.89. The highest BCUT2D eigenvalue weighted by atomic mass is 32.1. The van der Waals surface area contributed by atoms with Gasteiger partial charge in [0.2, 0.25) is 0 Å². The lowest BCUT2D eigenvalue weighted by Gasteiger charge is -2.11. The lowest BCUT2D eigenvalue weighted by Crippen LogP contribution is -2.00. The van der Waals surface area contributed by atoms with Crippen LogP contribution in [0.5, 0.6) is 0 Å². The van der Waals surface area contributed by atoms with Gasteiger partial charge in [0.1, 0.15) is 5.58 Å². The first kappa shape index (κ1) is 29.6. The van der Waals surface area contributed by atoms with E-state index in [4.69, 9.17) is 19.4 Å². The second kappa shape index (κ2) is 11.4. The Hall–Kier alpha value is -7.14. The number of nitriles is 1. The first-order chi connectivity index (χ1) is 26.2. The molecule has 53 heavy (non-hydrogen) atoms. The fraction of sp³-hybridized carbons (Fsp3) is 0. The van der Waals surface area contributed by atoms with Gasteiger partial charge in [-0.2, -0.15) is 5.26 Å². The molecule has 7 heteroatoms. The lowest BCUT2D eigenvalue weighted by molar-refractivity contribution is 0.673. The van der Waals surface area contributed by atoms with Crippen LogP contribution in [0.25, 0.3) is 104 Å². The van der Waals surface area contributed by atoms with Crippen LogP contribution < -0.4 is 0 Å². The molecule has 0 fully saturated rings. The number of hydrogen-bond acceptors (Lipinski definition) is 6. The maximum Gasteiger partial charge on any atom is 0.164 e. The summed E-state index contributed by atoms with van der Waals surface area (Å²) in [5, 5.41) is 16.5. The second-order valence-electron chi connectivity index (χ2n) is 13.1. The van der Waals surface area contributed by atoms with Crippen LogP contribution in [0, 0.1) is 11.3 Å². The van der Waals surface area contributed by atoms with Gasteiger partial charge in [0, 0.05) is 54.0 Å². The smallest absolute Gasteiger partial charge is 0.164 e. The molecule has 6 nitrogen and oxygen atoms in total. The number of para-hydroxylation sites is 2. The number of rotatable bonds is 4. The van der Waals surface area contributed by atoms with Crippen molar-refractivity contribution >= 4 is 75.3 Å². The number of thiophene rings is 1. The van der Waals surface area contributed by atoms with E-state index in [0.717, 1.165) is 55.3 Å². The number of hydrogen-bond donors (Lipinski definition) is 0. The van der Waals surface area contributed by atoms with E-state index >= 15 is 0 Å². The van der Waals surface area contributed by atoms with Gasteiger partial charge in [0.15, 0.2) is 23.1 Å². The minimum absolute atomic E-state index is 0.547. The highest BCUT2D eigenvalue weighted by molar-refractivity contribution is 7.27. The molecule has 0 aliphatic carbocycles. The molecular formula is C46H25N5OS. The molecule has 11 aromatic rings. The third-order valence-electron chi connectivity index (χ3n) is 10.1. The summed E-state index contributed by atoms with van der Waals surface area (Å²) in [5.74, 6) is 1.70. The Morgan fingerprint density at radius 3 is 1.83 bits per heavy atom. The Morgan fingerprint density at radius 1 is 0.528 bits per heavy atom. The zero-order valence-electron chi connectivity index (χ0n) is 28.0. The van der Waals surface area contributed by atoms with Crippen molar-refractivity contribution in [2.24, 2.45) is 0 Å². The average Bonchev–Trinajstić information content (AvgIpc) is 3.91. The van der Waals surface area contributed by atoms with Gasteiger partial charge in [0.05, 0.1) is 32.8 Å². The predicted octanol–water partition coefficient (Wildman–Crippen LogP) is 12.1. The van der Waals surface area contributed by atoms with Crippen LogP contribution in [-0.2, 0) is 0 Å². The van der Waals surface area contributed by atoms with Gasteiger partial charge in [-0.3, -0.25) is 0 Å². The van der Waals surface area contributed by atoms with Crippen molar-refractivity contribution in [2.45, 2.75) is 0 Å². The molecule has 0 aliphatic heterocycles. The molecule has 0 unspecified atom stereocenters. The van der Waals surface area contributed by atoms with Crippen molar-refractivity contribution in [2.75, 3.05) is 0 Å². The molecule has 7 aromatic carbocycles. The summed E-state index contributed by atoms with van der Waals surface area (Å²) in [7, 11) is 0. The molecule has 4 heterocycles. The van der Waals surface area contributed by atoms with Crippen LogP contribution in [0.2, 0.25) is 0 Å². The van der Waals surface area contributed by atoms with E-state index < -0.39 is 0 Å². The SMILES string of the molecule is N#Cc1ccc(-c2nc(-c3ccccc3)nc(-c3ccc(-n4c5ccccc5c5c6c7ccccc7sc6c6oc7ccccc7c6c54)cc3)n2)cc1. The van der Waals surface area contributed by atoms with Crippen molar-refractivity contribution in [3.8, 4) is 45.9 Å². The molecule has 0 atom stereocenters. The molecule has 0 amide bonds. The highest BCUT2D eigenvalue weighted by Gasteiger charge is 2.25. The van der Waals surface area contributed by atoms with Gasteiger partial charge in [-0.05, 0) is 66.7 Å². The Labute approximate surface area is 306 Å². The molecule has 0 spiro atoms. The summed E-state index contributed by atoms with van der Waals surface area (Å²) in [5.41, 5.74) is 8.24. The molecule has 0 saturated heterocycles. The van der Waals surface area contributed by atoms with E-state index in [2.05, 4.69) is 102 Å². The van der Waals surface area contributed by atoms with Crippen molar-refractivity contribution in [1.29, 1.82) is 5.26 Å². The van der Waals surface area contributed by atoms with E-state index in [1.165, 1.54) is 30.9 Å². The van der Waals surface area contributed by atoms with Gasteiger partial charge < -0.3 is 8.98 Å². The summed E-state index contributed by atoms with van der Waals surface area (Å²) >= 11 is 1.80. The van der Waals surface area contributed by atoms with Gasteiger partial charge in [-0.15, -0.1) is 11.3 Å². The van der Waals surface area contributed by atoms with Crippen LogP contribution in [0.15, 0.2) is 156 Å². The second-order valence-corrected chi connectivity index (χ2v) is 14.1. The van der Waals surface area contributed by atoms with E-state index in [9.17, 15) is 5.26 Å². The van der Waals surface area contributed by atoms with E-state index in [1.54, 1.807) is 23.5 Å². The minimum Gasteiger partial charge on any atom is -0.454 e. The summed E-state index contributed by atoms with van der Waals surface area (Å²) in [6, 6.07) is 53.7. The van der Waals surface area contributed by atoms with Crippen molar-refractivity contribution in [1.82, 2.24) is 19.5 Å². The van der Waals surface area contributed by atoms with Crippen LogP contribution >= 0.6 is 11.3 Å².